The summed E-state index contributed by atoms with van der Waals surface area (Å²) in [5.41, 5.74) is 2.94. The van der Waals surface area contributed by atoms with Crippen molar-refractivity contribution in [2.75, 3.05) is 26.8 Å². The Morgan fingerprint density at radius 2 is 1.84 bits per heavy atom. The number of hydrogen-bond donors (Lipinski definition) is 2. The van der Waals surface area contributed by atoms with E-state index in [1.54, 1.807) is 0 Å². The van der Waals surface area contributed by atoms with E-state index in [0.29, 0.717) is 29.4 Å². The maximum atomic E-state index is 6.21. The highest BCUT2D eigenvalue weighted by molar-refractivity contribution is 14.0. The second-order valence-corrected chi connectivity index (χ2v) is 9.86. The molecule has 1 aromatic rings. The van der Waals surface area contributed by atoms with E-state index in [4.69, 9.17) is 9.47 Å². The van der Waals surface area contributed by atoms with Crippen molar-refractivity contribution in [2.45, 2.75) is 70.1 Å². The minimum Gasteiger partial charge on any atom is -0.377 e. The van der Waals surface area contributed by atoms with Crippen LogP contribution in [0.2, 0.25) is 0 Å². The third kappa shape index (κ3) is 4.36. The van der Waals surface area contributed by atoms with E-state index in [-0.39, 0.29) is 30.1 Å². The lowest BCUT2D eigenvalue weighted by molar-refractivity contribution is -0.125. The highest BCUT2D eigenvalue weighted by atomic mass is 127. The lowest BCUT2D eigenvalue weighted by Gasteiger charge is -2.57. The lowest BCUT2D eigenvalue weighted by Crippen LogP contribution is -2.69. The SMILES string of the molecule is CN=C(NCC1CCCOC1c1ccc(C)cc1)NC1C2CCOC2C12CCCC2.I. The van der Waals surface area contributed by atoms with E-state index < -0.39 is 0 Å². The smallest absolute Gasteiger partial charge is 0.191 e. The van der Waals surface area contributed by atoms with E-state index in [9.17, 15) is 0 Å². The van der Waals surface area contributed by atoms with Crippen LogP contribution in [0.3, 0.4) is 0 Å². The van der Waals surface area contributed by atoms with Crippen molar-refractivity contribution in [1.29, 1.82) is 0 Å². The van der Waals surface area contributed by atoms with Crippen LogP contribution < -0.4 is 10.6 Å². The van der Waals surface area contributed by atoms with Gasteiger partial charge in [0.25, 0.3) is 0 Å². The van der Waals surface area contributed by atoms with Gasteiger partial charge in [-0.25, -0.2) is 0 Å². The predicted molar refractivity (Wildman–Crippen MR) is 135 cm³/mol. The normalized spacial score (nSPS) is 34.0. The molecule has 2 aliphatic carbocycles. The minimum atomic E-state index is 0. The van der Waals surface area contributed by atoms with Crippen molar-refractivity contribution in [3.63, 3.8) is 0 Å². The number of rotatable bonds is 4. The highest BCUT2D eigenvalue weighted by Gasteiger charge is 2.65. The van der Waals surface area contributed by atoms with E-state index in [0.717, 1.165) is 32.1 Å². The Bertz CT molecular complexity index is 763. The molecule has 2 aliphatic heterocycles. The van der Waals surface area contributed by atoms with Gasteiger partial charge in [-0.05, 0) is 44.6 Å². The molecule has 0 amide bonds. The Morgan fingerprint density at radius 1 is 1.06 bits per heavy atom. The molecule has 31 heavy (non-hydrogen) atoms. The molecule has 2 saturated heterocycles. The molecule has 5 unspecified atom stereocenters. The molecule has 1 aromatic carbocycles. The van der Waals surface area contributed by atoms with Crippen molar-refractivity contribution < 1.29 is 9.47 Å². The maximum Gasteiger partial charge on any atom is 0.191 e. The van der Waals surface area contributed by atoms with Gasteiger partial charge in [0.2, 0.25) is 0 Å². The summed E-state index contributed by atoms with van der Waals surface area (Å²) in [5.74, 6) is 2.06. The van der Waals surface area contributed by atoms with Crippen LogP contribution in [-0.2, 0) is 9.47 Å². The molecule has 5 rings (SSSR count). The molecule has 2 heterocycles. The fourth-order valence-corrected chi connectivity index (χ4v) is 6.65. The quantitative estimate of drug-likeness (QED) is 0.334. The number of hydrogen-bond acceptors (Lipinski definition) is 3. The van der Waals surface area contributed by atoms with Crippen LogP contribution in [0.25, 0.3) is 0 Å². The van der Waals surface area contributed by atoms with Crippen LogP contribution in [0.15, 0.2) is 29.3 Å². The Hall–Kier alpha value is -0.860. The van der Waals surface area contributed by atoms with E-state index >= 15 is 0 Å². The van der Waals surface area contributed by atoms with Crippen molar-refractivity contribution in [1.82, 2.24) is 10.6 Å². The molecule has 0 bridgehead atoms. The molecule has 172 valence electrons. The Kier molecular flexibility index (Phi) is 7.48. The van der Waals surface area contributed by atoms with Gasteiger partial charge < -0.3 is 20.1 Å². The number of nitrogens with zero attached hydrogens (tertiary/aromatic N) is 1. The number of fused-ring (bicyclic) bond motifs is 2. The first-order valence-corrected chi connectivity index (χ1v) is 12.0. The summed E-state index contributed by atoms with van der Waals surface area (Å²) in [5, 5.41) is 7.48. The van der Waals surface area contributed by atoms with Crippen LogP contribution >= 0.6 is 24.0 Å². The fourth-order valence-electron chi connectivity index (χ4n) is 6.65. The number of aliphatic imine (C=N–C) groups is 1. The second-order valence-electron chi connectivity index (χ2n) is 9.86. The van der Waals surface area contributed by atoms with Crippen LogP contribution in [0, 0.1) is 24.2 Å². The topological polar surface area (TPSA) is 54.9 Å². The summed E-state index contributed by atoms with van der Waals surface area (Å²) in [4.78, 5) is 4.59. The number of benzene rings is 1. The first kappa shape index (κ1) is 23.3. The summed E-state index contributed by atoms with van der Waals surface area (Å²) in [7, 11) is 1.90. The third-order valence-electron chi connectivity index (χ3n) is 8.18. The monoisotopic (exact) mass is 539 g/mol. The molecule has 6 heteroatoms. The van der Waals surface area contributed by atoms with Crippen LogP contribution in [0.5, 0.6) is 0 Å². The van der Waals surface area contributed by atoms with Gasteiger partial charge in [0.1, 0.15) is 0 Å². The second kappa shape index (κ2) is 9.96. The van der Waals surface area contributed by atoms with Gasteiger partial charge in [-0.1, -0.05) is 42.7 Å². The largest absolute Gasteiger partial charge is 0.377 e. The standard InChI is InChI=1S/C25H37N3O2.HI/c1-17-7-9-18(10-8-17)21-19(6-5-14-29-21)16-27-24(26-2)28-22-20-11-15-30-23(20)25(22)12-3-4-13-25;/h7-10,19-23H,3-6,11-16H2,1-2H3,(H2,26,27,28);1H. The average molecular weight is 540 g/mol. The van der Waals surface area contributed by atoms with E-state index in [2.05, 4.69) is 46.8 Å². The van der Waals surface area contributed by atoms with Gasteiger partial charge in [0.15, 0.2) is 5.96 Å². The van der Waals surface area contributed by atoms with Crippen LogP contribution in [0.4, 0.5) is 0 Å². The van der Waals surface area contributed by atoms with Crippen molar-refractivity contribution in [3.8, 4) is 0 Å². The van der Waals surface area contributed by atoms with Crippen molar-refractivity contribution in [2.24, 2.45) is 22.2 Å². The summed E-state index contributed by atoms with van der Waals surface area (Å²) < 4.78 is 12.4. The first-order valence-electron chi connectivity index (χ1n) is 12.0. The van der Waals surface area contributed by atoms with E-state index in [1.807, 2.05) is 7.05 Å². The molecule has 0 aromatic heterocycles. The van der Waals surface area contributed by atoms with Gasteiger partial charge in [0, 0.05) is 50.1 Å². The summed E-state index contributed by atoms with van der Waals surface area (Å²) in [6.45, 7) is 4.81. The number of halogens is 1. The van der Waals surface area contributed by atoms with Gasteiger partial charge in [-0.2, -0.15) is 0 Å². The molecule has 4 fully saturated rings. The first-order chi connectivity index (χ1) is 14.7. The zero-order valence-electron chi connectivity index (χ0n) is 18.9. The van der Waals surface area contributed by atoms with Crippen molar-refractivity contribution >= 4 is 29.9 Å². The molecule has 2 N–H and O–H groups in total. The van der Waals surface area contributed by atoms with Crippen LogP contribution in [-0.4, -0.2) is 44.9 Å². The Morgan fingerprint density at radius 3 is 2.58 bits per heavy atom. The summed E-state index contributed by atoms with van der Waals surface area (Å²) in [6.07, 6.45) is 9.44. The number of ether oxygens (including phenoxy) is 2. The Labute approximate surface area is 204 Å². The molecule has 5 nitrogen and oxygen atoms in total. The molecule has 4 aliphatic rings. The summed E-state index contributed by atoms with van der Waals surface area (Å²) >= 11 is 0. The van der Waals surface area contributed by atoms with Gasteiger partial charge in [-0.3, -0.25) is 4.99 Å². The van der Waals surface area contributed by atoms with Gasteiger partial charge >= 0.3 is 0 Å². The number of guanidine groups is 1. The zero-order valence-corrected chi connectivity index (χ0v) is 21.3. The molecular formula is C25H38IN3O2. The molecular weight excluding hydrogens is 501 g/mol. The minimum absolute atomic E-state index is 0. The third-order valence-corrected chi connectivity index (χ3v) is 8.18. The maximum absolute atomic E-state index is 6.21. The average Bonchev–Trinajstić information content (AvgIpc) is 3.44. The number of aryl methyl sites for hydroxylation is 1. The molecule has 5 atom stereocenters. The molecule has 0 radical (unpaired) electrons. The number of nitrogens with one attached hydrogen (secondary N) is 2. The predicted octanol–water partition coefficient (Wildman–Crippen LogP) is 4.59. The zero-order chi connectivity index (χ0) is 20.6. The Balaban J connectivity index is 0.00000231. The molecule has 1 spiro atoms. The molecule has 2 saturated carbocycles. The van der Waals surface area contributed by atoms with Crippen LogP contribution in [0.1, 0.15) is 62.2 Å². The fraction of sp³-hybridized carbons (Fsp3) is 0.720. The van der Waals surface area contributed by atoms with Gasteiger partial charge in [0.05, 0.1) is 12.2 Å². The van der Waals surface area contributed by atoms with Crippen molar-refractivity contribution in [3.05, 3.63) is 35.4 Å². The van der Waals surface area contributed by atoms with E-state index in [1.165, 1.54) is 49.7 Å². The summed E-state index contributed by atoms with van der Waals surface area (Å²) in [6, 6.07) is 9.34. The van der Waals surface area contributed by atoms with Gasteiger partial charge in [-0.15, -0.1) is 24.0 Å². The highest BCUT2D eigenvalue weighted by Crippen LogP contribution is 2.60. The lowest BCUT2D eigenvalue weighted by atomic mass is 9.54.